The molecule has 0 radical (unpaired) electrons. The Labute approximate surface area is 153 Å². The Hall–Kier alpha value is -3.26. The van der Waals surface area contributed by atoms with Crippen molar-refractivity contribution in [3.8, 4) is 5.75 Å². The van der Waals surface area contributed by atoms with Gasteiger partial charge in [0.25, 0.3) is 11.5 Å². The molecule has 3 aromatic rings. The molecule has 2 aromatic heterocycles. The minimum atomic E-state index is -0.797. The Balaban J connectivity index is 1.96. The number of aromatic amines is 1. The number of hydrogen-bond acceptors (Lipinski definition) is 5. The number of benzene rings is 1. The summed E-state index contributed by atoms with van der Waals surface area (Å²) in [4.78, 5) is 31.1. The largest absolute Gasteiger partial charge is 0.505 e. The van der Waals surface area contributed by atoms with Gasteiger partial charge in [-0.1, -0.05) is 12.1 Å². The molecule has 3 rings (SSSR count). The average molecular weight is 371 g/mol. The topological polar surface area (TPSA) is 115 Å². The molecule has 0 fully saturated rings. The van der Waals surface area contributed by atoms with Gasteiger partial charge < -0.3 is 20.5 Å². The number of H-pyrrole nitrogens is 1. The monoisotopic (exact) mass is 371 g/mol. The lowest BCUT2D eigenvalue weighted by atomic mass is 10.1. The van der Waals surface area contributed by atoms with Crippen LogP contribution < -0.4 is 10.9 Å². The molecule has 0 aliphatic carbocycles. The summed E-state index contributed by atoms with van der Waals surface area (Å²) in [5.74, 6) is -1.65. The van der Waals surface area contributed by atoms with Gasteiger partial charge in [-0.3, -0.25) is 14.6 Å². The zero-order chi connectivity index (χ0) is 19.6. The molecule has 140 valence electrons. The van der Waals surface area contributed by atoms with Crippen molar-refractivity contribution in [3.63, 3.8) is 0 Å². The van der Waals surface area contributed by atoms with Crippen LogP contribution in [0.2, 0.25) is 0 Å². The lowest BCUT2D eigenvalue weighted by Gasteiger charge is -2.12. The van der Waals surface area contributed by atoms with Crippen molar-refractivity contribution in [1.82, 2.24) is 15.3 Å². The third-order valence-electron chi connectivity index (χ3n) is 4.08. The smallest absolute Gasteiger partial charge is 0.265 e. The predicted octanol–water partition coefficient (Wildman–Crippen LogP) is 1.47. The highest BCUT2D eigenvalue weighted by Gasteiger charge is 2.21. The number of halogens is 1. The fraction of sp³-hybridized carbons (Fsp3) is 0.211. The summed E-state index contributed by atoms with van der Waals surface area (Å²) in [6.45, 7) is 1.26. The van der Waals surface area contributed by atoms with Crippen molar-refractivity contribution in [1.29, 1.82) is 0 Å². The zero-order valence-electron chi connectivity index (χ0n) is 14.5. The average Bonchev–Trinajstić information content (AvgIpc) is 2.63. The number of carbonyl (C=O) groups excluding carboxylic acids is 1. The number of pyridine rings is 2. The standard InChI is InChI=1S/C19H18FN3O4/c1-10(9-24)22-18(26)15-17(25)16-14(23-19(15)27)7-12(8-21-16)6-11-2-4-13(20)5-3-11/h2-5,7-8,10,24H,6,9H2,1H3,(H,22,26)(H2,23,25,27)/t10-/m1/s1. The number of aromatic nitrogens is 2. The van der Waals surface area contributed by atoms with Crippen LogP contribution in [0.3, 0.4) is 0 Å². The van der Waals surface area contributed by atoms with Crippen molar-refractivity contribution in [2.75, 3.05) is 6.61 Å². The summed E-state index contributed by atoms with van der Waals surface area (Å²) in [6, 6.07) is 7.08. The molecule has 1 aromatic carbocycles. The lowest BCUT2D eigenvalue weighted by Crippen LogP contribution is -2.37. The van der Waals surface area contributed by atoms with Crippen molar-refractivity contribution in [2.24, 2.45) is 0 Å². The number of amides is 1. The number of fused-ring (bicyclic) bond motifs is 1. The zero-order valence-corrected chi connectivity index (χ0v) is 14.5. The first kappa shape index (κ1) is 18.5. The number of carbonyl (C=O) groups is 1. The van der Waals surface area contributed by atoms with Gasteiger partial charge in [0.05, 0.1) is 12.1 Å². The summed E-state index contributed by atoms with van der Waals surface area (Å²) >= 11 is 0. The van der Waals surface area contributed by atoms with Crippen molar-refractivity contribution >= 4 is 16.9 Å². The number of nitrogens with zero attached hydrogens (tertiary/aromatic N) is 1. The Kier molecular flexibility index (Phi) is 5.18. The molecule has 0 spiro atoms. The predicted molar refractivity (Wildman–Crippen MR) is 97.2 cm³/mol. The first-order valence-corrected chi connectivity index (χ1v) is 8.29. The number of aromatic hydroxyl groups is 1. The maximum absolute atomic E-state index is 13.0. The van der Waals surface area contributed by atoms with Crippen LogP contribution >= 0.6 is 0 Å². The minimum absolute atomic E-state index is 0.0826. The van der Waals surface area contributed by atoms with E-state index in [0.717, 1.165) is 11.1 Å². The summed E-state index contributed by atoms with van der Waals surface area (Å²) in [6.07, 6.45) is 1.98. The SMILES string of the molecule is C[C@H](CO)NC(=O)c1c(O)c2ncc(Cc3ccc(F)cc3)cc2[nH]c1=O. The van der Waals surface area contributed by atoms with Gasteiger partial charge in [-0.2, -0.15) is 0 Å². The number of aliphatic hydroxyl groups excluding tert-OH is 1. The van der Waals surface area contributed by atoms with E-state index in [1.807, 2.05) is 0 Å². The van der Waals surface area contributed by atoms with Crippen LogP contribution in [-0.2, 0) is 6.42 Å². The third-order valence-corrected chi connectivity index (χ3v) is 4.08. The second-order valence-corrected chi connectivity index (χ2v) is 6.28. The Morgan fingerprint density at radius 1 is 1.30 bits per heavy atom. The normalized spacial score (nSPS) is 12.1. The van der Waals surface area contributed by atoms with E-state index in [1.54, 1.807) is 25.1 Å². The fourth-order valence-electron chi connectivity index (χ4n) is 2.69. The number of aliphatic hydroxyl groups is 1. The lowest BCUT2D eigenvalue weighted by molar-refractivity contribution is 0.0918. The van der Waals surface area contributed by atoms with E-state index < -0.39 is 28.8 Å². The number of hydrogen-bond donors (Lipinski definition) is 4. The van der Waals surface area contributed by atoms with Gasteiger partial charge in [-0.15, -0.1) is 0 Å². The summed E-state index contributed by atoms with van der Waals surface area (Å²) < 4.78 is 13.0. The molecular formula is C19H18FN3O4. The van der Waals surface area contributed by atoms with E-state index in [-0.39, 0.29) is 23.5 Å². The Bertz CT molecular complexity index is 1050. The van der Waals surface area contributed by atoms with Gasteiger partial charge in [0, 0.05) is 12.2 Å². The molecular weight excluding hydrogens is 353 g/mol. The summed E-state index contributed by atoms with van der Waals surface area (Å²) in [5, 5.41) is 21.8. The van der Waals surface area contributed by atoms with Gasteiger partial charge in [0.1, 0.15) is 16.9 Å². The van der Waals surface area contributed by atoms with Gasteiger partial charge in [0.2, 0.25) is 0 Å². The van der Waals surface area contributed by atoms with Crippen molar-refractivity contribution in [2.45, 2.75) is 19.4 Å². The molecule has 1 amide bonds. The van der Waals surface area contributed by atoms with Gasteiger partial charge in [-0.25, -0.2) is 4.39 Å². The molecule has 1 atom stereocenters. The summed E-state index contributed by atoms with van der Waals surface area (Å²) in [7, 11) is 0. The van der Waals surface area contributed by atoms with Crippen LogP contribution in [0.1, 0.15) is 28.4 Å². The molecule has 0 bridgehead atoms. The highest BCUT2D eigenvalue weighted by Crippen LogP contribution is 2.24. The van der Waals surface area contributed by atoms with E-state index in [2.05, 4.69) is 15.3 Å². The second kappa shape index (κ2) is 7.55. The van der Waals surface area contributed by atoms with E-state index in [0.29, 0.717) is 6.42 Å². The second-order valence-electron chi connectivity index (χ2n) is 6.28. The first-order valence-electron chi connectivity index (χ1n) is 8.29. The van der Waals surface area contributed by atoms with Gasteiger partial charge in [0.15, 0.2) is 5.75 Å². The number of rotatable bonds is 5. The van der Waals surface area contributed by atoms with Crippen LogP contribution in [0.4, 0.5) is 4.39 Å². The Morgan fingerprint density at radius 2 is 2.00 bits per heavy atom. The molecule has 2 heterocycles. The van der Waals surface area contributed by atoms with Crippen LogP contribution in [0, 0.1) is 5.82 Å². The van der Waals surface area contributed by atoms with E-state index in [9.17, 15) is 19.1 Å². The number of nitrogens with one attached hydrogen (secondary N) is 2. The van der Waals surface area contributed by atoms with E-state index in [1.165, 1.54) is 18.3 Å². The first-order chi connectivity index (χ1) is 12.9. The van der Waals surface area contributed by atoms with Crippen LogP contribution in [0.25, 0.3) is 11.0 Å². The van der Waals surface area contributed by atoms with Crippen molar-refractivity contribution < 1.29 is 19.4 Å². The molecule has 0 aliphatic heterocycles. The minimum Gasteiger partial charge on any atom is -0.505 e. The molecule has 0 saturated heterocycles. The molecule has 8 heteroatoms. The molecule has 0 aliphatic rings. The Morgan fingerprint density at radius 3 is 2.67 bits per heavy atom. The highest BCUT2D eigenvalue weighted by atomic mass is 19.1. The van der Waals surface area contributed by atoms with Crippen LogP contribution in [-0.4, -0.2) is 38.7 Å². The van der Waals surface area contributed by atoms with Gasteiger partial charge >= 0.3 is 0 Å². The van der Waals surface area contributed by atoms with Crippen LogP contribution in [0.5, 0.6) is 5.75 Å². The maximum Gasteiger partial charge on any atom is 0.265 e. The molecule has 0 saturated carbocycles. The van der Waals surface area contributed by atoms with Gasteiger partial charge in [-0.05, 0) is 42.7 Å². The molecule has 0 unspecified atom stereocenters. The third kappa shape index (κ3) is 3.95. The molecule has 4 N–H and O–H groups in total. The molecule has 27 heavy (non-hydrogen) atoms. The van der Waals surface area contributed by atoms with Crippen molar-refractivity contribution in [3.05, 3.63) is 69.4 Å². The fourth-order valence-corrected chi connectivity index (χ4v) is 2.69. The van der Waals surface area contributed by atoms with E-state index >= 15 is 0 Å². The van der Waals surface area contributed by atoms with E-state index in [4.69, 9.17) is 5.11 Å². The quantitative estimate of drug-likeness (QED) is 0.542. The van der Waals surface area contributed by atoms with Crippen LogP contribution in [0.15, 0.2) is 41.3 Å². The summed E-state index contributed by atoms with van der Waals surface area (Å²) in [5.41, 5.74) is 0.751. The highest BCUT2D eigenvalue weighted by molar-refractivity contribution is 6.01. The molecule has 7 nitrogen and oxygen atoms in total. The maximum atomic E-state index is 13.0.